The van der Waals surface area contributed by atoms with Gasteiger partial charge in [0.05, 0.1) is 10.2 Å². The Hall–Kier alpha value is -2.14. The topological polar surface area (TPSA) is 19.4 Å². The number of nitrogens with zero attached hydrogens (tertiary/aromatic N) is 3. The number of halogens is 1. The average Bonchev–Trinajstić information content (AvgIpc) is 3.00. The Morgan fingerprint density at radius 1 is 0.864 bits per heavy atom. The molecule has 2 aromatic carbocycles. The summed E-state index contributed by atoms with van der Waals surface area (Å²) in [5, 5.41) is 1.10. The third kappa shape index (κ3) is 2.52. The number of anilines is 2. The van der Waals surface area contributed by atoms with Gasteiger partial charge in [0.15, 0.2) is 5.13 Å². The predicted molar refractivity (Wildman–Crippen MR) is 90.4 cm³/mol. The molecule has 0 atom stereocenters. The van der Waals surface area contributed by atoms with Crippen molar-refractivity contribution < 1.29 is 4.39 Å². The smallest absolute Gasteiger partial charge is 0.186 e. The van der Waals surface area contributed by atoms with Crippen molar-refractivity contribution in [1.29, 1.82) is 0 Å². The van der Waals surface area contributed by atoms with E-state index < -0.39 is 0 Å². The molecular weight excluding hydrogens is 297 g/mol. The lowest BCUT2D eigenvalue weighted by molar-refractivity contribution is 0.624. The molecule has 2 heterocycles. The number of benzene rings is 2. The number of aromatic nitrogens is 1. The molecule has 0 aliphatic carbocycles. The van der Waals surface area contributed by atoms with Crippen LogP contribution >= 0.6 is 11.3 Å². The summed E-state index contributed by atoms with van der Waals surface area (Å²) in [5.74, 6) is -0.183. The van der Waals surface area contributed by atoms with E-state index in [1.54, 1.807) is 11.3 Å². The lowest BCUT2D eigenvalue weighted by atomic mass is 10.2. The number of thiazole rings is 1. The molecule has 3 nitrogen and oxygen atoms in total. The van der Waals surface area contributed by atoms with Gasteiger partial charge in [-0.3, -0.25) is 0 Å². The first-order chi connectivity index (χ1) is 10.8. The molecule has 0 bridgehead atoms. The number of piperazine rings is 1. The van der Waals surface area contributed by atoms with E-state index >= 15 is 0 Å². The van der Waals surface area contributed by atoms with Crippen molar-refractivity contribution in [3.63, 3.8) is 0 Å². The molecule has 3 aromatic rings. The summed E-state index contributed by atoms with van der Waals surface area (Å²) in [6.07, 6.45) is 0. The minimum Gasteiger partial charge on any atom is -0.368 e. The van der Waals surface area contributed by atoms with Crippen LogP contribution in [0.2, 0.25) is 0 Å². The second-order valence-electron chi connectivity index (χ2n) is 5.41. The van der Waals surface area contributed by atoms with Gasteiger partial charge in [-0.25, -0.2) is 9.37 Å². The van der Waals surface area contributed by atoms with Crippen molar-refractivity contribution in [2.45, 2.75) is 0 Å². The van der Waals surface area contributed by atoms with E-state index in [0.717, 1.165) is 42.5 Å². The SMILES string of the molecule is Fc1ccc(N2CCN(c3nc4ccccc4s3)CC2)cc1. The van der Waals surface area contributed by atoms with Crippen LogP contribution in [0, 0.1) is 5.82 Å². The van der Waals surface area contributed by atoms with Crippen LogP contribution in [0.25, 0.3) is 10.2 Å². The van der Waals surface area contributed by atoms with E-state index in [0.29, 0.717) is 0 Å². The van der Waals surface area contributed by atoms with Crippen molar-refractivity contribution in [3.05, 3.63) is 54.3 Å². The van der Waals surface area contributed by atoms with Gasteiger partial charge < -0.3 is 9.80 Å². The van der Waals surface area contributed by atoms with E-state index in [2.05, 4.69) is 28.0 Å². The summed E-state index contributed by atoms with van der Waals surface area (Å²) in [5.41, 5.74) is 2.16. The normalized spacial score (nSPS) is 15.5. The number of rotatable bonds is 2. The molecule has 1 saturated heterocycles. The molecule has 112 valence electrons. The van der Waals surface area contributed by atoms with Crippen LogP contribution in [0.1, 0.15) is 0 Å². The summed E-state index contributed by atoms with van der Waals surface area (Å²) in [4.78, 5) is 9.35. The molecule has 1 aromatic heterocycles. The molecule has 1 aliphatic heterocycles. The summed E-state index contributed by atoms with van der Waals surface area (Å²) >= 11 is 1.75. The Morgan fingerprint density at radius 3 is 2.27 bits per heavy atom. The summed E-state index contributed by atoms with van der Waals surface area (Å²) in [6, 6.07) is 15.0. The molecule has 4 rings (SSSR count). The highest BCUT2D eigenvalue weighted by Gasteiger charge is 2.20. The Morgan fingerprint density at radius 2 is 1.55 bits per heavy atom. The van der Waals surface area contributed by atoms with E-state index in [1.165, 1.54) is 16.8 Å². The first-order valence-corrected chi connectivity index (χ1v) is 8.22. The average molecular weight is 313 g/mol. The van der Waals surface area contributed by atoms with Crippen molar-refractivity contribution in [3.8, 4) is 0 Å². The molecule has 22 heavy (non-hydrogen) atoms. The molecule has 1 aliphatic rings. The molecule has 0 N–H and O–H groups in total. The van der Waals surface area contributed by atoms with Gasteiger partial charge in [-0.15, -0.1) is 0 Å². The highest BCUT2D eigenvalue weighted by Crippen LogP contribution is 2.29. The first-order valence-electron chi connectivity index (χ1n) is 7.41. The summed E-state index contributed by atoms with van der Waals surface area (Å²) < 4.78 is 14.2. The third-order valence-electron chi connectivity index (χ3n) is 4.02. The minimum absolute atomic E-state index is 0.183. The maximum Gasteiger partial charge on any atom is 0.186 e. The first kappa shape index (κ1) is 13.5. The maximum absolute atomic E-state index is 13.0. The summed E-state index contributed by atoms with van der Waals surface area (Å²) in [7, 11) is 0. The fraction of sp³-hybridized carbons (Fsp3) is 0.235. The third-order valence-corrected chi connectivity index (χ3v) is 5.12. The van der Waals surface area contributed by atoms with Crippen LogP contribution in [0.4, 0.5) is 15.2 Å². The largest absolute Gasteiger partial charge is 0.368 e. The zero-order valence-electron chi connectivity index (χ0n) is 12.1. The zero-order chi connectivity index (χ0) is 14.9. The van der Waals surface area contributed by atoms with E-state index in [9.17, 15) is 4.39 Å². The molecule has 5 heteroatoms. The van der Waals surface area contributed by atoms with E-state index in [4.69, 9.17) is 4.98 Å². The maximum atomic E-state index is 13.0. The van der Waals surface area contributed by atoms with Gasteiger partial charge in [-0.1, -0.05) is 23.5 Å². The lowest BCUT2D eigenvalue weighted by Crippen LogP contribution is -2.46. The van der Waals surface area contributed by atoms with Crippen LogP contribution in [0.3, 0.4) is 0 Å². The Labute approximate surface area is 132 Å². The second kappa shape index (κ2) is 5.57. The van der Waals surface area contributed by atoms with Crippen molar-refractivity contribution >= 4 is 32.4 Å². The standard InChI is InChI=1S/C17H16FN3S/c18-13-5-7-14(8-6-13)20-9-11-21(12-10-20)17-19-15-3-1-2-4-16(15)22-17/h1-8H,9-12H2. The van der Waals surface area contributed by atoms with Gasteiger partial charge >= 0.3 is 0 Å². The fourth-order valence-electron chi connectivity index (χ4n) is 2.80. The minimum atomic E-state index is -0.183. The van der Waals surface area contributed by atoms with Crippen molar-refractivity contribution in [2.75, 3.05) is 36.0 Å². The molecule has 0 radical (unpaired) electrons. The Bertz CT molecular complexity index is 743. The molecule has 0 saturated carbocycles. The number of fused-ring (bicyclic) bond motifs is 1. The number of para-hydroxylation sites is 1. The predicted octanol–water partition coefficient (Wildman–Crippen LogP) is 3.76. The number of hydrogen-bond donors (Lipinski definition) is 0. The molecular formula is C17H16FN3S. The van der Waals surface area contributed by atoms with Crippen LogP contribution in [-0.4, -0.2) is 31.2 Å². The molecule has 0 amide bonds. The van der Waals surface area contributed by atoms with Crippen molar-refractivity contribution in [1.82, 2.24) is 4.98 Å². The monoisotopic (exact) mass is 313 g/mol. The highest BCUT2D eigenvalue weighted by atomic mass is 32.1. The van der Waals surface area contributed by atoms with Crippen LogP contribution in [0.15, 0.2) is 48.5 Å². The van der Waals surface area contributed by atoms with Gasteiger partial charge in [0, 0.05) is 31.9 Å². The fourth-order valence-corrected chi connectivity index (χ4v) is 3.82. The van der Waals surface area contributed by atoms with Gasteiger partial charge in [0.25, 0.3) is 0 Å². The van der Waals surface area contributed by atoms with Gasteiger partial charge in [0.2, 0.25) is 0 Å². The Kier molecular flexibility index (Phi) is 3.42. The van der Waals surface area contributed by atoms with Crippen LogP contribution < -0.4 is 9.80 Å². The lowest BCUT2D eigenvalue weighted by Gasteiger charge is -2.35. The van der Waals surface area contributed by atoms with E-state index in [-0.39, 0.29) is 5.82 Å². The van der Waals surface area contributed by atoms with Crippen molar-refractivity contribution in [2.24, 2.45) is 0 Å². The van der Waals surface area contributed by atoms with Gasteiger partial charge in [0.1, 0.15) is 5.82 Å². The van der Waals surface area contributed by atoms with Crippen LogP contribution in [0.5, 0.6) is 0 Å². The van der Waals surface area contributed by atoms with Gasteiger partial charge in [-0.05, 0) is 36.4 Å². The highest BCUT2D eigenvalue weighted by molar-refractivity contribution is 7.22. The molecule has 0 spiro atoms. The quantitative estimate of drug-likeness (QED) is 0.718. The Balaban J connectivity index is 1.48. The summed E-state index contributed by atoms with van der Waals surface area (Å²) in [6.45, 7) is 3.75. The second-order valence-corrected chi connectivity index (χ2v) is 6.42. The molecule has 0 unspecified atom stereocenters. The van der Waals surface area contributed by atoms with Gasteiger partial charge in [-0.2, -0.15) is 0 Å². The number of hydrogen-bond acceptors (Lipinski definition) is 4. The molecule has 1 fully saturated rings. The van der Waals surface area contributed by atoms with E-state index in [1.807, 2.05) is 18.2 Å². The van der Waals surface area contributed by atoms with Crippen LogP contribution in [-0.2, 0) is 0 Å². The zero-order valence-corrected chi connectivity index (χ0v) is 12.9.